The number of ether oxygens (including phenoxy) is 2. The van der Waals surface area contributed by atoms with Crippen LogP contribution in [0.3, 0.4) is 0 Å². The first-order valence-electron chi connectivity index (χ1n) is 8.90. The van der Waals surface area contributed by atoms with E-state index >= 15 is 0 Å². The van der Waals surface area contributed by atoms with Gasteiger partial charge in [-0.05, 0) is 17.5 Å². The van der Waals surface area contributed by atoms with Crippen LogP contribution >= 0.6 is 0 Å². The third-order valence-corrected chi connectivity index (χ3v) is 4.58. The quantitative estimate of drug-likeness (QED) is 0.747. The van der Waals surface area contributed by atoms with Crippen molar-refractivity contribution in [1.29, 1.82) is 0 Å². The molecular weight excluding hydrogens is 346 g/mol. The van der Waals surface area contributed by atoms with Crippen molar-refractivity contribution >= 4 is 11.9 Å². The predicted octanol–water partition coefficient (Wildman–Crippen LogP) is 2.54. The number of hydrogen-bond donors (Lipinski definition) is 2. The Morgan fingerprint density at radius 1 is 1.07 bits per heavy atom. The minimum absolute atomic E-state index is 0.167. The van der Waals surface area contributed by atoms with E-state index in [-0.39, 0.29) is 31.6 Å². The van der Waals surface area contributed by atoms with Gasteiger partial charge in [0.2, 0.25) is 5.91 Å². The van der Waals surface area contributed by atoms with Gasteiger partial charge in [-0.3, -0.25) is 9.59 Å². The predicted molar refractivity (Wildman–Crippen MR) is 99.2 cm³/mol. The van der Waals surface area contributed by atoms with E-state index in [4.69, 9.17) is 14.6 Å². The zero-order chi connectivity index (χ0) is 19.1. The van der Waals surface area contributed by atoms with Crippen molar-refractivity contribution in [3.8, 4) is 0 Å². The summed E-state index contributed by atoms with van der Waals surface area (Å²) in [7, 11) is 0. The molecule has 0 bridgehead atoms. The normalized spacial score (nSPS) is 19.1. The van der Waals surface area contributed by atoms with Gasteiger partial charge in [-0.1, -0.05) is 60.7 Å². The second-order valence-electron chi connectivity index (χ2n) is 6.71. The number of amides is 1. The van der Waals surface area contributed by atoms with Crippen molar-refractivity contribution in [2.75, 3.05) is 19.8 Å². The fourth-order valence-electron chi connectivity index (χ4n) is 3.31. The molecule has 1 aliphatic heterocycles. The van der Waals surface area contributed by atoms with Gasteiger partial charge in [0.15, 0.2) is 0 Å². The van der Waals surface area contributed by atoms with Crippen molar-refractivity contribution in [1.82, 2.24) is 5.32 Å². The first-order valence-corrected chi connectivity index (χ1v) is 8.90. The van der Waals surface area contributed by atoms with Crippen molar-refractivity contribution in [2.45, 2.75) is 24.5 Å². The Morgan fingerprint density at radius 2 is 1.67 bits per heavy atom. The molecule has 1 fully saturated rings. The number of hydrogen-bond acceptors (Lipinski definition) is 4. The Balaban J connectivity index is 1.68. The molecular formula is C21H23NO5. The summed E-state index contributed by atoms with van der Waals surface area (Å²) >= 11 is 0. The highest BCUT2D eigenvalue weighted by molar-refractivity contribution is 5.79. The second kappa shape index (κ2) is 8.79. The van der Waals surface area contributed by atoms with Crippen LogP contribution < -0.4 is 5.32 Å². The van der Waals surface area contributed by atoms with Crippen LogP contribution in [0.15, 0.2) is 60.7 Å². The van der Waals surface area contributed by atoms with E-state index in [1.807, 2.05) is 60.7 Å². The number of carbonyl (C=O) groups excluding carboxylic acids is 1. The van der Waals surface area contributed by atoms with E-state index < -0.39 is 11.5 Å². The first kappa shape index (κ1) is 19.1. The Hall–Kier alpha value is -2.70. The standard InChI is InChI=1S/C21H23NO5/c23-18(22-21(13-19(24)25)11-12-26-15-21)14-27-20(16-7-3-1-4-8-16)17-9-5-2-6-10-17/h1-10,20H,11-15H2,(H,22,23)(H,24,25). The zero-order valence-electron chi connectivity index (χ0n) is 15.0. The summed E-state index contributed by atoms with van der Waals surface area (Å²) in [4.78, 5) is 23.6. The highest BCUT2D eigenvalue weighted by atomic mass is 16.5. The molecule has 2 aromatic rings. The Bertz CT molecular complexity index is 717. The van der Waals surface area contributed by atoms with Crippen molar-refractivity contribution < 1.29 is 24.2 Å². The molecule has 6 heteroatoms. The molecule has 3 rings (SSSR count). The van der Waals surface area contributed by atoms with Crippen LogP contribution in [0, 0.1) is 0 Å². The number of nitrogens with one attached hydrogen (secondary N) is 1. The molecule has 1 heterocycles. The lowest BCUT2D eigenvalue weighted by Gasteiger charge is -2.27. The minimum atomic E-state index is -0.965. The number of carboxylic acid groups (broad SMARTS) is 1. The van der Waals surface area contributed by atoms with Crippen LogP contribution in [0.25, 0.3) is 0 Å². The number of benzene rings is 2. The molecule has 1 saturated heterocycles. The third-order valence-electron chi connectivity index (χ3n) is 4.58. The van der Waals surface area contributed by atoms with E-state index in [0.29, 0.717) is 13.0 Å². The summed E-state index contributed by atoms with van der Waals surface area (Å²) < 4.78 is 11.2. The van der Waals surface area contributed by atoms with Gasteiger partial charge in [-0.2, -0.15) is 0 Å². The summed E-state index contributed by atoms with van der Waals surface area (Å²) in [5.41, 5.74) is 1.03. The van der Waals surface area contributed by atoms with Crippen LogP contribution in [-0.2, 0) is 19.1 Å². The van der Waals surface area contributed by atoms with Crippen LogP contribution in [0.5, 0.6) is 0 Å². The minimum Gasteiger partial charge on any atom is -0.481 e. The summed E-state index contributed by atoms with van der Waals surface area (Å²) in [6.07, 6.45) is -0.0702. The number of rotatable bonds is 8. The molecule has 142 valence electrons. The molecule has 1 unspecified atom stereocenters. The number of aliphatic carboxylic acids is 1. The van der Waals surface area contributed by atoms with Crippen LogP contribution in [-0.4, -0.2) is 42.3 Å². The van der Waals surface area contributed by atoms with Crippen LogP contribution in [0.4, 0.5) is 0 Å². The summed E-state index contributed by atoms with van der Waals surface area (Å²) in [6, 6.07) is 19.3. The monoisotopic (exact) mass is 369 g/mol. The molecule has 2 aromatic carbocycles. The average molecular weight is 369 g/mol. The highest BCUT2D eigenvalue weighted by Crippen LogP contribution is 2.26. The van der Waals surface area contributed by atoms with Gasteiger partial charge in [-0.15, -0.1) is 0 Å². The fraction of sp³-hybridized carbons (Fsp3) is 0.333. The lowest BCUT2D eigenvalue weighted by molar-refractivity contribution is -0.139. The molecule has 0 aromatic heterocycles. The molecule has 0 radical (unpaired) electrons. The van der Waals surface area contributed by atoms with Gasteiger partial charge in [0, 0.05) is 6.61 Å². The molecule has 0 spiro atoms. The molecule has 6 nitrogen and oxygen atoms in total. The average Bonchev–Trinajstić information content (AvgIpc) is 3.10. The highest BCUT2D eigenvalue weighted by Gasteiger charge is 2.38. The van der Waals surface area contributed by atoms with E-state index in [0.717, 1.165) is 11.1 Å². The van der Waals surface area contributed by atoms with E-state index in [2.05, 4.69) is 5.32 Å². The summed E-state index contributed by atoms with van der Waals surface area (Å²) in [5, 5.41) is 11.9. The van der Waals surface area contributed by atoms with Gasteiger partial charge in [0.1, 0.15) is 12.7 Å². The molecule has 0 aliphatic carbocycles. The molecule has 0 saturated carbocycles. The smallest absolute Gasteiger partial charge is 0.305 e. The number of carboxylic acids is 1. The topological polar surface area (TPSA) is 84.9 Å². The second-order valence-corrected chi connectivity index (χ2v) is 6.71. The zero-order valence-corrected chi connectivity index (χ0v) is 15.0. The first-order chi connectivity index (χ1) is 13.1. The summed E-state index contributed by atoms with van der Waals surface area (Å²) in [5.74, 6) is -1.31. The van der Waals surface area contributed by atoms with Crippen molar-refractivity contribution in [2.24, 2.45) is 0 Å². The van der Waals surface area contributed by atoms with Gasteiger partial charge in [0.25, 0.3) is 0 Å². The maximum atomic E-state index is 12.5. The third kappa shape index (κ3) is 5.15. The molecule has 2 N–H and O–H groups in total. The van der Waals surface area contributed by atoms with Gasteiger partial charge < -0.3 is 19.9 Å². The molecule has 27 heavy (non-hydrogen) atoms. The lowest BCUT2D eigenvalue weighted by Crippen LogP contribution is -2.51. The van der Waals surface area contributed by atoms with E-state index in [1.165, 1.54) is 0 Å². The van der Waals surface area contributed by atoms with Gasteiger partial charge in [0.05, 0.1) is 18.6 Å². The van der Waals surface area contributed by atoms with Crippen molar-refractivity contribution in [3.63, 3.8) is 0 Å². The Morgan fingerprint density at radius 3 is 2.15 bits per heavy atom. The molecule has 1 atom stereocenters. The Labute approximate surface area is 158 Å². The molecule has 1 amide bonds. The maximum absolute atomic E-state index is 12.5. The van der Waals surface area contributed by atoms with Gasteiger partial charge in [-0.25, -0.2) is 0 Å². The number of carbonyl (C=O) groups is 2. The summed E-state index contributed by atoms with van der Waals surface area (Å²) in [6.45, 7) is 0.465. The Kier molecular flexibility index (Phi) is 6.21. The lowest BCUT2D eigenvalue weighted by atomic mass is 9.94. The largest absolute Gasteiger partial charge is 0.481 e. The maximum Gasteiger partial charge on any atom is 0.305 e. The fourth-order valence-corrected chi connectivity index (χ4v) is 3.31. The van der Waals surface area contributed by atoms with Crippen LogP contribution in [0.1, 0.15) is 30.1 Å². The molecule has 1 aliphatic rings. The van der Waals surface area contributed by atoms with Crippen molar-refractivity contribution in [3.05, 3.63) is 71.8 Å². The van der Waals surface area contributed by atoms with Crippen LogP contribution in [0.2, 0.25) is 0 Å². The van der Waals surface area contributed by atoms with Gasteiger partial charge >= 0.3 is 5.97 Å². The van der Waals surface area contributed by atoms with E-state index in [1.54, 1.807) is 0 Å². The SMILES string of the molecule is O=C(O)CC1(NC(=O)COC(c2ccccc2)c2ccccc2)CCOC1. The van der Waals surface area contributed by atoms with E-state index in [9.17, 15) is 9.59 Å².